The maximum absolute atomic E-state index is 13.0. The van der Waals surface area contributed by atoms with Gasteiger partial charge in [-0.1, -0.05) is 29.5 Å². The van der Waals surface area contributed by atoms with Crippen LogP contribution >= 0.6 is 11.6 Å². The Labute approximate surface area is 208 Å². The Bertz CT molecular complexity index is 1740. The lowest BCUT2D eigenvalue weighted by Gasteiger charge is -2.10. The first-order valence-electron chi connectivity index (χ1n) is 10.4. The van der Waals surface area contributed by atoms with Crippen LogP contribution in [0.4, 0.5) is 0 Å². The first-order chi connectivity index (χ1) is 17.2. The predicted molar refractivity (Wildman–Crippen MR) is 131 cm³/mol. The van der Waals surface area contributed by atoms with Gasteiger partial charge in [0.15, 0.2) is 0 Å². The molecule has 0 aliphatic heterocycles. The topological polar surface area (TPSA) is 146 Å². The fourth-order valence-electron chi connectivity index (χ4n) is 3.70. The number of carboxylic acid groups (broad SMARTS) is 2. The molecule has 0 saturated carbocycles. The van der Waals surface area contributed by atoms with Crippen LogP contribution in [0.25, 0.3) is 22.0 Å². The minimum atomic E-state index is -1.38. The van der Waals surface area contributed by atoms with E-state index < -0.39 is 17.5 Å². The molecule has 0 fully saturated rings. The summed E-state index contributed by atoms with van der Waals surface area (Å²) in [6, 6.07) is 10.7. The molecule has 0 atom stereocenters. The third-order valence-electron chi connectivity index (χ3n) is 5.41. The molecule has 0 aliphatic rings. The first-order valence-corrected chi connectivity index (χ1v) is 10.7. The normalized spacial score (nSPS) is 10.4. The van der Waals surface area contributed by atoms with Crippen LogP contribution in [0.5, 0.6) is 0 Å². The summed E-state index contributed by atoms with van der Waals surface area (Å²) in [5.41, 5.74) is 0.699. The van der Waals surface area contributed by atoms with E-state index >= 15 is 0 Å². The number of rotatable bonds is 4. The van der Waals surface area contributed by atoms with Crippen molar-refractivity contribution in [3.63, 3.8) is 0 Å². The number of hydrogen-bond acceptors (Lipinski definition) is 6. The van der Waals surface area contributed by atoms with Crippen molar-refractivity contribution in [2.45, 2.75) is 13.5 Å². The lowest BCUT2D eigenvalue weighted by atomic mass is 9.95. The number of benzene rings is 2. The van der Waals surface area contributed by atoms with E-state index in [2.05, 4.69) is 21.8 Å². The third-order valence-corrected chi connectivity index (χ3v) is 5.65. The van der Waals surface area contributed by atoms with Gasteiger partial charge in [-0.05, 0) is 48.4 Å². The molecule has 0 unspecified atom stereocenters. The zero-order valence-corrected chi connectivity index (χ0v) is 19.4. The highest BCUT2D eigenvalue weighted by atomic mass is 35.5. The van der Waals surface area contributed by atoms with Crippen LogP contribution in [-0.2, 0) is 6.54 Å². The fourth-order valence-corrected chi connectivity index (χ4v) is 3.87. The number of aromatic nitrogens is 3. The highest BCUT2D eigenvalue weighted by Crippen LogP contribution is 2.29. The van der Waals surface area contributed by atoms with Crippen LogP contribution in [-0.4, -0.2) is 36.7 Å². The lowest BCUT2D eigenvalue weighted by Crippen LogP contribution is -2.24. The van der Waals surface area contributed by atoms with Crippen molar-refractivity contribution in [1.82, 2.24) is 14.5 Å². The average molecular weight is 499 g/mol. The van der Waals surface area contributed by atoms with Crippen LogP contribution < -0.4 is 5.56 Å². The fraction of sp³-hybridized carbons (Fsp3) is 0.0769. The zero-order valence-electron chi connectivity index (χ0n) is 18.6. The molecule has 10 heteroatoms. The molecule has 0 radical (unpaired) electrons. The Hall–Kier alpha value is -4.99. The number of aryl methyl sites for hydroxylation is 1. The molecule has 0 saturated heterocycles. The van der Waals surface area contributed by atoms with Crippen molar-refractivity contribution >= 4 is 34.4 Å². The first kappa shape index (κ1) is 24.1. The standard InChI is InChI=1S/C26H15ClN4O5/c1-14-30-22-13-29-12-17(11-28)23(22)24(32)31(14)8-2-3-15-4-6-18(27)10-20(15)16-5-7-19(25(33)34)21(9-16)26(35)36/h4-7,9-10,12-13H,8H2,1H3,(H,33,34)(H,35,36). The van der Waals surface area contributed by atoms with E-state index in [1.54, 1.807) is 25.1 Å². The Morgan fingerprint density at radius 3 is 2.50 bits per heavy atom. The molecule has 0 amide bonds. The van der Waals surface area contributed by atoms with Crippen LogP contribution in [0, 0.1) is 30.1 Å². The molecule has 2 N–H and O–H groups in total. The second-order valence-corrected chi connectivity index (χ2v) is 8.04. The second kappa shape index (κ2) is 9.71. The van der Waals surface area contributed by atoms with E-state index in [-0.39, 0.29) is 28.6 Å². The number of aromatic carboxylic acids is 2. The maximum Gasteiger partial charge on any atom is 0.336 e. The summed E-state index contributed by atoms with van der Waals surface area (Å²) in [7, 11) is 0. The minimum absolute atomic E-state index is 0.0266. The van der Waals surface area contributed by atoms with E-state index in [1.165, 1.54) is 35.2 Å². The van der Waals surface area contributed by atoms with Gasteiger partial charge in [-0.15, -0.1) is 0 Å². The molecule has 2 aromatic heterocycles. The van der Waals surface area contributed by atoms with Gasteiger partial charge in [0.2, 0.25) is 0 Å². The molecule has 9 nitrogen and oxygen atoms in total. The number of nitriles is 1. The molecule has 0 spiro atoms. The van der Waals surface area contributed by atoms with E-state index in [0.717, 1.165) is 0 Å². The lowest BCUT2D eigenvalue weighted by molar-refractivity contribution is 0.0651. The number of fused-ring (bicyclic) bond motifs is 1. The van der Waals surface area contributed by atoms with Crippen LogP contribution in [0.15, 0.2) is 53.6 Å². The number of carboxylic acids is 2. The molecule has 36 heavy (non-hydrogen) atoms. The summed E-state index contributed by atoms with van der Waals surface area (Å²) < 4.78 is 1.34. The number of pyridine rings is 1. The Morgan fingerprint density at radius 1 is 1.06 bits per heavy atom. The molecule has 4 rings (SSSR count). The molecule has 2 heterocycles. The smallest absolute Gasteiger partial charge is 0.336 e. The van der Waals surface area contributed by atoms with Gasteiger partial charge in [0.25, 0.3) is 5.56 Å². The SMILES string of the molecule is Cc1nc2cncc(C#N)c2c(=O)n1CC#Cc1ccc(Cl)cc1-c1ccc(C(=O)O)c(C(=O)O)c1. The zero-order chi connectivity index (χ0) is 26.0. The summed E-state index contributed by atoms with van der Waals surface area (Å²) in [4.78, 5) is 44.3. The van der Waals surface area contributed by atoms with E-state index in [4.69, 9.17) is 11.6 Å². The van der Waals surface area contributed by atoms with Gasteiger partial charge in [0.05, 0.1) is 40.3 Å². The van der Waals surface area contributed by atoms with Crippen molar-refractivity contribution in [3.05, 3.63) is 92.2 Å². The largest absolute Gasteiger partial charge is 0.478 e. The van der Waals surface area contributed by atoms with E-state index in [9.17, 15) is 29.9 Å². The molecule has 176 valence electrons. The predicted octanol–water partition coefficient (Wildman–Crippen LogP) is 3.74. The Morgan fingerprint density at radius 2 is 1.81 bits per heavy atom. The van der Waals surface area contributed by atoms with Gasteiger partial charge in [-0.25, -0.2) is 14.6 Å². The van der Waals surface area contributed by atoms with Crippen molar-refractivity contribution in [2.24, 2.45) is 0 Å². The van der Waals surface area contributed by atoms with Gasteiger partial charge in [0.1, 0.15) is 11.9 Å². The summed E-state index contributed by atoms with van der Waals surface area (Å²) in [5, 5.41) is 28.6. The van der Waals surface area contributed by atoms with Crippen molar-refractivity contribution in [1.29, 1.82) is 5.26 Å². The molecular weight excluding hydrogens is 484 g/mol. The van der Waals surface area contributed by atoms with Gasteiger partial charge in [-0.3, -0.25) is 14.3 Å². The highest BCUT2D eigenvalue weighted by molar-refractivity contribution is 6.31. The monoisotopic (exact) mass is 498 g/mol. The van der Waals surface area contributed by atoms with Crippen LogP contribution in [0.3, 0.4) is 0 Å². The Kier molecular flexibility index (Phi) is 6.51. The highest BCUT2D eigenvalue weighted by Gasteiger charge is 2.18. The summed E-state index contributed by atoms with van der Waals surface area (Å²) >= 11 is 6.16. The van der Waals surface area contributed by atoms with Gasteiger partial charge < -0.3 is 10.2 Å². The minimum Gasteiger partial charge on any atom is -0.478 e. The third kappa shape index (κ3) is 4.51. The van der Waals surface area contributed by atoms with Crippen LogP contribution in [0.1, 0.15) is 37.7 Å². The summed E-state index contributed by atoms with van der Waals surface area (Å²) in [6.07, 6.45) is 2.72. The van der Waals surface area contributed by atoms with Gasteiger partial charge >= 0.3 is 11.9 Å². The van der Waals surface area contributed by atoms with Gasteiger partial charge in [-0.2, -0.15) is 5.26 Å². The average Bonchev–Trinajstić information content (AvgIpc) is 2.85. The summed E-state index contributed by atoms with van der Waals surface area (Å²) in [5.74, 6) is 3.54. The Balaban J connectivity index is 1.78. The number of hydrogen-bond donors (Lipinski definition) is 2. The molecule has 0 bridgehead atoms. The van der Waals surface area contributed by atoms with Crippen molar-refractivity contribution in [2.75, 3.05) is 0 Å². The molecular formula is C26H15ClN4O5. The van der Waals surface area contributed by atoms with Crippen molar-refractivity contribution in [3.8, 4) is 29.0 Å². The van der Waals surface area contributed by atoms with E-state index in [0.29, 0.717) is 33.1 Å². The van der Waals surface area contributed by atoms with E-state index in [1.807, 2.05) is 6.07 Å². The quantitative estimate of drug-likeness (QED) is 0.404. The number of carbonyl (C=O) groups is 2. The molecule has 2 aromatic carbocycles. The second-order valence-electron chi connectivity index (χ2n) is 7.61. The maximum atomic E-state index is 13.0. The molecule has 0 aliphatic carbocycles. The summed E-state index contributed by atoms with van der Waals surface area (Å²) in [6.45, 7) is 1.62. The molecule has 4 aromatic rings. The number of halogens is 1. The van der Waals surface area contributed by atoms with Gasteiger partial charge in [0, 0.05) is 16.8 Å². The number of nitrogens with zero attached hydrogens (tertiary/aromatic N) is 4. The van der Waals surface area contributed by atoms with Crippen molar-refractivity contribution < 1.29 is 19.8 Å². The van der Waals surface area contributed by atoms with Crippen LogP contribution in [0.2, 0.25) is 5.02 Å².